The summed E-state index contributed by atoms with van der Waals surface area (Å²) in [6, 6.07) is 8.68. The molecule has 1 rings (SSSR count). The number of benzene rings is 1. The molecule has 0 amide bonds. The molecule has 1 aromatic carbocycles. The van der Waals surface area contributed by atoms with Gasteiger partial charge in [0.25, 0.3) is 0 Å². The third kappa shape index (κ3) is 8.35. The van der Waals surface area contributed by atoms with Gasteiger partial charge in [0.2, 0.25) is 0 Å². The van der Waals surface area contributed by atoms with Gasteiger partial charge in [0.05, 0.1) is 0 Å². The van der Waals surface area contributed by atoms with Crippen LogP contribution in [-0.2, 0) is 11.2 Å². The summed E-state index contributed by atoms with van der Waals surface area (Å²) < 4.78 is 5.31. The van der Waals surface area contributed by atoms with E-state index >= 15 is 0 Å². The molecule has 0 saturated carbocycles. The Morgan fingerprint density at radius 2 is 1.90 bits per heavy atom. The van der Waals surface area contributed by atoms with E-state index in [9.17, 15) is 0 Å². The Balaban J connectivity index is 2.29. The highest BCUT2D eigenvalue weighted by Crippen LogP contribution is 2.02. The van der Waals surface area contributed by atoms with Gasteiger partial charge in [0.1, 0.15) is 0 Å². The maximum atomic E-state index is 5.31. The molecule has 0 fully saturated rings. The predicted molar refractivity (Wildman–Crippen MR) is 90.0 cm³/mol. The second-order valence-corrected chi connectivity index (χ2v) is 4.97. The number of hydrogen-bond donors (Lipinski definition) is 2. The van der Waals surface area contributed by atoms with Crippen LogP contribution in [0.3, 0.4) is 0 Å². The Bertz CT molecular complexity index is 401. The van der Waals surface area contributed by atoms with Crippen molar-refractivity contribution in [3.8, 4) is 0 Å². The monoisotopic (exact) mass is 291 g/mol. The zero-order valence-electron chi connectivity index (χ0n) is 13.6. The Morgan fingerprint density at radius 3 is 2.57 bits per heavy atom. The van der Waals surface area contributed by atoms with Crippen LogP contribution in [0.5, 0.6) is 0 Å². The van der Waals surface area contributed by atoms with Crippen LogP contribution < -0.4 is 10.6 Å². The predicted octanol–water partition coefficient (Wildman–Crippen LogP) is 2.52. The minimum Gasteiger partial charge on any atom is -0.382 e. The average Bonchev–Trinajstić information content (AvgIpc) is 2.49. The molecule has 0 bridgehead atoms. The van der Waals surface area contributed by atoms with E-state index in [0.29, 0.717) is 0 Å². The molecule has 0 aromatic heterocycles. The van der Waals surface area contributed by atoms with E-state index in [1.165, 1.54) is 11.1 Å². The lowest BCUT2D eigenvalue weighted by atomic mass is 10.1. The second kappa shape index (κ2) is 11.1. The van der Waals surface area contributed by atoms with Crippen molar-refractivity contribution in [1.82, 2.24) is 10.6 Å². The van der Waals surface area contributed by atoms with Crippen LogP contribution in [0, 0.1) is 6.92 Å². The molecule has 0 spiro atoms. The largest absolute Gasteiger partial charge is 0.382 e. The number of nitrogens with one attached hydrogen (secondary N) is 2. The molecule has 118 valence electrons. The molecule has 21 heavy (non-hydrogen) atoms. The van der Waals surface area contributed by atoms with E-state index in [-0.39, 0.29) is 0 Å². The van der Waals surface area contributed by atoms with E-state index in [4.69, 9.17) is 4.74 Å². The number of guanidine groups is 1. The van der Waals surface area contributed by atoms with E-state index in [1.54, 1.807) is 0 Å². The summed E-state index contributed by atoms with van der Waals surface area (Å²) in [5.74, 6) is 0.890. The number of ether oxygens (including phenoxy) is 1. The molecule has 0 aliphatic carbocycles. The first-order chi connectivity index (χ1) is 10.3. The van der Waals surface area contributed by atoms with E-state index in [1.807, 2.05) is 6.92 Å². The molecule has 0 saturated heterocycles. The normalized spacial score (nSPS) is 11.5. The van der Waals surface area contributed by atoms with Crippen molar-refractivity contribution in [2.24, 2.45) is 4.99 Å². The van der Waals surface area contributed by atoms with Gasteiger partial charge in [-0.2, -0.15) is 0 Å². The fraction of sp³-hybridized carbons (Fsp3) is 0.588. The maximum absolute atomic E-state index is 5.31. The molecule has 0 unspecified atom stereocenters. The first kappa shape index (κ1) is 17.5. The summed E-state index contributed by atoms with van der Waals surface area (Å²) in [6.45, 7) is 10.3. The number of rotatable bonds is 9. The van der Waals surface area contributed by atoms with Crippen LogP contribution in [0.25, 0.3) is 0 Å². The Morgan fingerprint density at radius 1 is 1.14 bits per heavy atom. The van der Waals surface area contributed by atoms with Gasteiger partial charge in [-0.05, 0) is 39.2 Å². The van der Waals surface area contributed by atoms with Crippen molar-refractivity contribution < 1.29 is 4.74 Å². The average molecular weight is 291 g/mol. The summed E-state index contributed by atoms with van der Waals surface area (Å²) in [7, 11) is 0. The molecule has 1 aromatic rings. The van der Waals surface area contributed by atoms with Crippen LogP contribution in [0.15, 0.2) is 29.3 Å². The van der Waals surface area contributed by atoms with Gasteiger partial charge >= 0.3 is 0 Å². The summed E-state index contributed by atoms with van der Waals surface area (Å²) >= 11 is 0. The molecule has 0 atom stereocenters. The van der Waals surface area contributed by atoms with Gasteiger partial charge in [-0.1, -0.05) is 29.8 Å². The highest BCUT2D eigenvalue weighted by Gasteiger charge is 1.97. The minimum absolute atomic E-state index is 0.776. The van der Waals surface area contributed by atoms with Gasteiger partial charge in [-0.25, -0.2) is 0 Å². The summed E-state index contributed by atoms with van der Waals surface area (Å²) in [5.41, 5.74) is 2.65. The standard InChI is InChI=1S/C17H29N3O/c1-4-18-17(19-12-6-14-21-5-2)20-13-11-16-9-7-15(3)8-10-16/h7-10H,4-6,11-14H2,1-3H3,(H2,18,19,20). The Kier molecular flexibility index (Phi) is 9.29. The smallest absolute Gasteiger partial charge is 0.191 e. The molecular weight excluding hydrogens is 262 g/mol. The van der Waals surface area contributed by atoms with Gasteiger partial charge in [0.15, 0.2) is 5.96 Å². The number of nitrogens with zero attached hydrogens (tertiary/aromatic N) is 1. The molecule has 0 aliphatic rings. The quantitative estimate of drug-likeness (QED) is 0.417. The van der Waals surface area contributed by atoms with Gasteiger partial charge < -0.3 is 15.4 Å². The second-order valence-electron chi connectivity index (χ2n) is 4.97. The lowest BCUT2D eigenvalue weighted by molar-refractivity contribution is 0.146. The van der Waals surface area contributed by atoms with E-state index in [2.05, 4.69) is 53.7 Å². The Labute approximate surface area is 129 Å². The molecule has 0 radical (unpaired) electrons. The highest BCUT2D eigenvalue weighted by molar-refractivity contribution is 5.79. The lowest BCUT2D eigenvalue weighted by Gasteiger charge is -2.11. The van der Waals surface area contributed by atoms with E-state index in [0.717, 1.165) is 51.6 Å². The first-order valence-electron chi connectivity index (χ1n) is 7.91. The van der Waals surface area contributed by atoms with Crippen molar-refractivity contribution in [2.45, 2.75) is 33.6 Å². The summed E-state index contributed by atoms with van der Waals surface area (Å²) in [4.78, 5) is 4.55. The molecule has 4 heteroatoms. The van der Waals surface area contributed by atoms with Crippen LogP contribution in [0.1, 0.15) is 31.4 Å². The van der Waals surface area contributed by atoms with Crippen LogP contribution >= 0.6 is 0 Å². The van der Waals surface area contributed by atoms with Gasteiger partial charge in [-0.3, -0.25) is 4.99 Å². The lowest BCUT2D eigenvalue weighted by Crippen LogP contribution is -2.38. The third-order valence-corrected chi connectivity index (χ3v) is 3.09. The third-order valence-electron chi connectivity index (χ3n) is 3.09. The highest BCUT2D eigenvalue weighted by atomic mass is 16.5. The molecule has 4 nitrogen and oxygen atoms in total. The van der Waals surface area contributed by atoms with Gasteiger partial charge in [0, 0.05) is 32.8 Å². The molecule has 0 aliphatic heterocycles. The minimum atomic E-state index is 0.776. The fourth-order valence-corrected chi connectivity index (χ4v) is 1.92. The van der Waals surface area contributed by atoms with Gasteiger partial charge in [-0.15, -0.1) is 0 Å². The maximum Gasteiger partial charge on any atom is 0.191 e. The fourth-order valence-electron chi connectivity index (χ4n) is 1.92. The molecule has 0 heterocycles. The van der Waals surface area contributed by atoms with Crippen molar-refractivity contribution in [3.05, 3.63) is 35.4 Å². The SMILES string of the molecule is CCNC(=NCCCOCC)NCCc1ccc(C)cc1. The van der Waals surface area contributed by atoms with Crippen LogP contribution in [-0.4, -0.2) is 38.8 Å². The zero-order valence-corrected chi connectivity index (χ0v) is 13.6. The van der Waals surface area contributed by atoms with Crippen molar-refractivity contribution in [3.63, 3.8) is 0 Å². The molecular formula is C17H29N3O. The number of aryl methyl sites for hydroxylation is 1. The summed E-state index contributed by atoms with van der Waals surface area (Å²) in [6.07, 6.45) is 1.96. The number of aliphatic imine (C=N–C) groups is 1. The number of hydrogen-bond acceptors (Lipinski definition) is 2. The summed E-state index contributed by atoms with van der Waals surface area (Å²) in [5, 5.41) is 6.64. The van der Waals surface area contributed by atoms with Crippen molar-refractivity contribution >= 4 is 5.96 Å². The first-order valence-corrected chi connectivity index (χ1v) is 7.91. The topological polar surface area (TPSA) is 45.7 Å². The van der Waals surface area contributed by atoms with E-state index < -0.39 is 0 Å². The van der Waals surface area contributed by atoms with Crippen molar-refractivity contribution in [2.75, 3.05) is 32.8 Å². The van der Waals surface area contributed by atoms with Crippen LogP contribution in [0.2, 0.25) is 0 Å². The van der Waals surface area contributed by atoms with Crippen LogP contribution in [0.4, 0.5) is 0 Å². The molecule has 2 N–H and O–H groups in total. The van der Waals surface area contributed by atoms with Crippen molar-refractivity contribution in [1.29, 1.82) is 0 Å². The Hall–Kier alpha value is -1.55. The zero-order chi connectivity index (χ0) is 15.3.